The van der Waals surface area contributed by atoms with Crippen LogP contribution < -0.4 is 11.1 Å². The molecule has 1 aliphatic rings. The molecule has 1 heterocycles. The molecule has 0 bridgehead atoms. The van der Waals surface area contributed by atoms with Crippen LogP contribution in [-0.4, -0.2) is 19.0 Å². The standard InChI is InChI=1S/C12H14N2O3/c1-12(2)7-5-8(13)6(10(15)17-3)4-9(7)14-11(12)16/h4-5H,13H2,1-3H3,(H,14,16). The molecule has 0 aliphatic carbocycles. The third-order valence-corrected chi connectivity index (χ3v) is 3.08. The number of hydrogen-bond donors (Lipinski definition) is 2. The van der Waals surface area contributed by atoms with Crippen molar-refractivity contribution in [1.29, 1.82) is 0 Å². The Bertz CT molecular complexity index is 521. The first-order valence-corrected chi connectivity index (χ1v) is 5.21. The van der Waals surface area contributed by atoms with Crippen molar-refractivity contribution in [1.82, 2.24) is 0 Å². The van der Waals surface area contributed by atoms with E-state index in [9.17, 15) is 9.59 Å². The second kappa shape index (κ2) is 3.48. The summed E-state index contributed by atoms with van der Waals surface area (Å²) in [4.78, 5) is 23.2. The topological polar surface area (TPSA) is 81.4 Å². The molecule has 1 aliphatic heterocycles. The highest BCUT2D eigenvalue weighted by molar-refractivity contribution is 6.08. The minimum atomic E-state index is -0.627. The van der Waals surface area contributed by atoms with Crippen LogP contribution in [0.25, 0.3) is 0 Å². The van der Waals surface area contributed by atoms with E-state index in [1.54, 1.807) is 12.1 Å². The summed E-state index contributed by atoms with van der Waals surface area (Å²) in [5.41, 5.74) is 7.18. The number of nitrogens with two attached hydrogens (primary N) is 1. The number of rotatable bonds is 1. The van der Waals surface area contributed by atoms with Gasteiger partial charge in [-0.3, -0.25) is 4.79 Å². The molecule has 5 nitrogen and oxygen atoms in total. The van der Waals surface area contributed by atoms with Crippen LogP contribution >= 0.6 is 0 Å². The largest absolute Gasteiger partial charge is 0.465 e. The molecule has 1 aromatic carbocycles. The van der Waals surface area contributed by atoms with Gasteiger partial charge in [-0.25, -0.2) is 4.79 Å². The highest BCUT2D eigenvalue weighted by atomic mass is 16.5. The summed E-state index contributed by atoms with van der Waals surface area (Å²) < 4.78 is 4.62. The maximum atomic E-state index is 11.7. The number of fused-ring (bicyclic) bond motifs is 1. The van der Waals surface area contributed by atoms with E-state index < -0.39 is 11.4 Å². The van der Waals surface area contributed by atoms with Gasteiger partial charge >= 0.3 is 5.97 Å². The van der Waals surface area contributed by atoms with Gasteiger partial charge in [0.2, 0.25) is 5.91 Å². The van der Waals surface area contributed by atoms with Crippen molar-refractivity contribution in [2.45, 2.75) is 19.3 Å². The minimum absolute atomic E-state index is 0.103. The van der Waals surface area contributed by atoms with E-state index >= 15 is 0 Å². The number of methoxy groups -OCH3 is 1. The fraction of sp³-hybridized carbons (Fsp3) is 0.333. The Morgan fingerprint density at radius 1 is 1.41 bits per heavy atom. The van der Waals surface area contributed by atoms with Gasteiger partial charge in [0.05, 0.1) is 18.1 Å². The lowest BCUT2D eigenvalue weighted by molar-refractivity contribution is -0.119. The van der Waals surface area contributed by atoms with Crippen molar-refractivity contribution >= 4 is 23.3 Å². The highest BCUT2D eigenvalue weighted by Crippen LogP contribution is 2.39. The molecule has 90 valence electrons. The Kier molecular flexibility index (Phi) is 2.34. The number of amides is 1. The lowest BCUT2D eigenvalue weighted by atomic mass is 9.85. The molecule has 0 aromatic heterocycles. The SMILES string of the molecule is COC(=O)c1cc2c(cc1N)C(C)(C)C(=O)N2. The first-order chi connectivity index (χ1) is 7.87. The molecule has 0 atom stereocenters. The second-order valence-corrected chi connectivity index (χ2v) is 4.56. The quantitative estimate of drug-likeness (QED) is 0.566. The van der Waals surface area contributed by atoms with Crippen LogP contribution in [-0.2, 0) is 14.9 Å². The molecule has 17 heavy (non-hydrogen) atoms. The number of hydrogen-bond acceptors (Lipinski definition) is 4. The van der Waals surface area contributed by atoms with Gasteiger partial charge in [-0.05, 0) is 31.5 Å². The zero-order valence-corrected chi connectivity index (χ0v) is 9.96. The van der Waals surface area contributed by atoms with E-state index in [0.29, 0.717) is 11.4 Å². The van der Waals surface area contributed by atoms with E-state index in [1.165, 1.54) is 7.11 Å². The minimum Gasteiger partial charge on any atom is -0.465 e. The van der Waals surface area contributed by atoms with E-state index in [-0.39, 0.29) is 11.5 Å². The normalized spacial score (nSPS) is 16.3. The van der Waals surface area contributed by atoms with Crippen LogP contribution in [0.5, 0.6) is 0 Å². The Morgan fingerprint density at radius 2 is 2.06 bits per heavy atom. The first-order valence-electron chi connectivity index (χ1n) is 5.21. The molecule has 2 rings (SSSR count). The number of carbonyl (C=O) groups is 2. The summed E-state index contributed by atoms with van der Waals surface area (Å²) in [6.45, 7) is 3.62. The zero-order valence-electron chi connectivity index (χ0n) is 9.96. The summed E-state index contributed by atoms with van der Waals surface area (Å²) in [5, 5.41) is 2.73. The number of anilines is 2. The van der Waals surface area contributed by atoms with Crippen LogP contribution in [0.3, 0.4) is 0 Å². The molecule has 3 N–H and O–H groups in total. The Balaban J connectivity index is 2.59. The van der Waals surface area contributed by atoms with Gasteiger partial charge in [-0.1, -0.05) is 0 Å². The third kappa shape index (κ3) is 1.54. The van der Waals surface area contributed by atoms with E-state index in [0.717, 1.165) is 5.56 Å². The Hall–Kier alpha value is -2.04. The number of ether oxygens (including phenoxy) is 1. The van der Waals surface area contributed by atoms with Crippen molar-refractivity contribution in [2.24, 2.45) is 0 Å². The van der Waals surface area contributed by atoms with Crippen LogP contribution in [0.4, 0.5) is 11.4 Å². The van der Waals surface area contributed by atoms with Crippen LogP contribution in [0.15, 0.2) is 12.1 Å². The van der Waals surface area contributed by atoms with Crippen LogP contribution in [0.2, 0.25) is 0 Å². The number of nitrogens with one attached hydrogen (secondary N) is 1. The summed E-state index contributed by atoms with van der Waals surface area (Å²) in [6.07, 6.45) is 0. The number of carbonyl (C=O) groups excluding carboxylic acids is 2. The van der Waals surface area contributed by atoms with Crippen LogP contribution in [0.1, 0.15) is 29.8 Å². The molecule has 0 saturated carbocycles. The van der Waals surface area contributed by atoms with Gasteiger partial charge in [0, 0.05) is 11.4 Å². The molecule has 5 heteroatoms. The molecular weight excluding hydrogens is 220 g/mol. The summed E-state index contributed by atoms with van der Waals surface area (Å²) >= 11 is 0. The smallest absolute Gasteiger partial charge is 0.340 e. The third-order valence-electron chi connectivity index (χ3n) is 3.08. The van der Waals surface area contributed by atoms with Crippen molar-refractivity contribution in [3.8, 4) is 0 Å². The molecule has 0 radical (unpaired) electrons. The van der Waals surface area contributed by atoms with Crippen molar-refractivity contribution in [3.05, 3.63) is 23.3 Å². The van der Waals surface area contributed by atoms with E-state index in [1.807, 2.05) is 13.8 Å². The van der Waals surface area contributed by atoms with Gasteiger partial charge in [-0.2, -0.15) is 0 Å². The van der Waals surface area contributed by atoms with Crippen molar-refractivity contribution in [3.63, 3.8) is 0 Å². The summed E-state index contributed by atoms with van der Waals surface area (Å²) in [7, 11) is 1.29. The fourth-order valence-corrected chi connectivity index (χ4v) is 1.92. The van der Waals surface area contributed by atoms with Gasteiger partial charge < -0.3 is 15.8 Å². The van der Waals surface area contributed by atoms with Crippen molar-refractivity contribution in [2.75, 3.05) is 18.2 Å². The number of nitrogen functional groups attached to an aromatic ring is 1. The van der Waals surface area contributed by atoms with Gasteiger partial charge in [0.1, 0.15) is 0 Å². The predicted octanol–water partition coefficient (Wildman–Crippen LogP) is 1.29. The second-order valence-electron chi connectivity index (χ2n) is 4.56. The maximum Gasteiger partial charge on any atom is 0.340 e. The Morgan fingerprint density at radius 3 is 2.65 bits per heavy atom. The lowest BCUT2D eigenvalue weighted by Gasteiger charge is -2.15. The molecule has 0 saturated heterocycles. The molecule has 0 spiro atoms. The van der Waals surface area contributed by atoms with Gasteiger partial charge in [-0.15, -0.1) is 0 Å². The molecule has 0 unspecified atom stereocenters. The average molecular weight is 234 g/mol. The maximum absolute atomic E-state index is 11.7. The highest BCUT2D eigenvalue weighted by Gasteiger charge is 2.39. The molecule has 0 fully saturated rings. The molecule has 1 aromatic rings. The fourth-order valence-electron chi connectivity index (χ4n) is 1.92. The average Bonchev–Trinajstić information content (AvgIpc) is 2.49. The van der Waals surface area contributed by atoms with Crippen LogP contribution in [0, 0.1) is 0 Å². The van der Waals surface area contributed by atoms with E-state index in [2.05, 4.69) is 10.1 Å². The van der Waals surface area contributed by atoms with E-state index in [4.69, 9.17) is 5.73 Å². The predicted molar refractivity (Wildman–Crippen MR) is 63.8 cm³/mol. The summed E-state index contributed by atoms with van der Waals surface area (Å²) in [5.74, 6) is -0.613. The molecule has 1 amide bonds. The lowest BCUT2D eigenvalue weighted by Crippen LogP contribution is -2.26. The van der Waals surface area contributed by atoms with Crippen molar-refractivity contribution < 1.29 is 14.3 Å². The zero-order chi connectivity index (χ0) is 12.8. The van der Waals surface area contributed by atoms with Gasteiger partial charge in [0.25, 0.3) is 0 Å². The number of esters is 1. The Labute approximate surface area is 98.9 Å². The monoisotopic (exact) mass is 234 g/mol. The molecular formula is C12H14N2O3. The summed E-state index contributed by atoms with van der Waals surface area (Å²) in [6, 6.07) is 3.21. The number of benzene rings is 1. The first kappa shape index (κ1) is 11.4. The van der Waals surface area contributed by atoms with Gasteiger partial charge in [0.15, 0.2) is 0 Å².